The SMILES string of the molecule is COc1cc(NCCNC(N)=O)ccc1[N+](=O)[O-]. The molecule has 0 spiro atoms. The zero-order valence-electron chi connectivity index (χ0n) is 9.80. The maximum Gasteiger partial charge on any atom is 0.312 e. The van der Waals surface area contributed by atoms with Gasteiger partial charge in [-0.05, 0) is 6.07 Å². The number of nitrogens with two attached hydrogens (primary N) is 1. The normalized spacial score (nSPS) is 9.61. The average molecular weight is 254 g/mol. The van der Waals surface area contributed by atoms with Gasteiger partial charge in [-0.3, -0.25) is 10.1 Å². The van der Waals surface area contributed by atoms with E-state index in [0.29, 0.717) is 18.8 Å². The molecule has 4 N–H and O–H groups in total. The minimum Gasteiger partial charge on any atom is -0.490 e. The van der Waals surface area contributed by atoms with E-state index in [4.69, 9.17) is 10.5 Å². The van der Waals surface area contributed by atoms with E-state index in [9.17, 15) is 14.9 Å². The highest BCUT2D eigenvalue weighted by atomic mass is 16.6. The van der Waals surface area contributed by atoms with Crippen molar-refractivity contribution in [2.45, 2.75) is 0 Å². The second-order valence-corrected chi connectivity index (χ2v) is 3.36. The predicted octanol–water partition coefficient (Wildman–Crippen LogP) is 0.684. The molecule has 0 unspecified atom stereocenters. The van der Waals surface area contributed by atoms with Crippen molar-refractivity contribution in [3.8, 4) is 5.75 Å². The number of carbonyl (C=O) groups excluding carboxylic acids is 1. The van der Waals surface area contributed by atoms with Gasteiger partial charge in [-0.1, -0.05) is 0 Å². The summed E-state index contributed by atoms with van der Waals surface area (Å²) in [6, 6.07) is 3.83. The Labute approximate surface area is 103 Å². The number of amides is 2. The third-order valence-corrected chi connectivity index (χ3v) is 2.13. The Morgan fingerprint density at radius 3 is 2.78 bits per heavy atom. The molecule has 0 aromatic heterocycles. The molecule has 1 aromatic rings. The zero-order chi connectivity index (χ0) is 13.5. The summed E-state index contributed by atoms with van der Waals surface area (Å²) in [4.78, 5) is 20.6. The van der Waals surface area contributed by atoms with Gasteiger partial charge in [-0.2, -0.15) is 0 Å². The second-order valence-electron chi connectivity index (χ2n) is 3.36. The molecule has 1 aromatic carbocycles. The summed E-state index contributed by atoms with van der Waals surface area (Å²) >= 11 is 0. The molecule has 0 aliphatic carbocycles. The number of nitro benzene ring substituents is 1. The molecule has 0 fully saturated rings. The molecular weight excluding hydrogens is 240 g/mol. The van der Waals surface area contributed by atoms with Crippen molar-refractivity contribution in [1.82, 2.24) is 5.32 Å². The minimum atomic E-state index is -0.599. The molecule has 0 heterocycles. The Balaban J connectivity index is 2.62. The molecule has 0 aliphatic heterocycles. The summed E-state index contributed by atoms with van der Waals surface area (Å²) in [5, 5.41) is 16.0. The maximum absolute atomic E-state index is 10.7. The molecule has 0 radical (unpaired) electrons. The first-order chi connectivity index (χ1) is 8.54. The highest BCUT2D eigenvalue weighted by Crippen LogP contribution is 2.29. The lowest BCUT2D eigenvalue weighted by molar-refractivity contribution is -0.385. The molecule has 0 saturated carbocycles. The van der Waals surface area contributed by atoms with Gasteiger partial charge in [0.25, 0.3) is 0 Å². The van der Waals surface area contributed by atoms with E-state index in [-0.39, 0.29) is 11.4 Å². The van der Waals surface area contributed by atoms with Crippen LogP contribution < -0.4 is 21.1 Å². The van der Waals surface area contributed by atoms with Crippen molar-refractivity contribution in [1.29, 1.82) is 0 Å². The summed E-state index contributed by atoms with van der Waals surface area (Å²) in [7, 11) is 1.36. The van der Waals surface area contributed by atoms with Crippen molar-refractivity contribution in [3.05, 3.63) is 28.3 Å². The average Bonchev–Trinajstić information content (AvgIpc) is 2.33. The fourth-order valence-corrected chi connectivity index (χ4v) is 1.33. The number of urea groups is 1. The van der Waals surface area contributed by atoms with E-state index in [1.807, 2.05) is 0 Å². The third kappa shape index (κ3) is 3.81. The van der Waals surface area contributed by atoms with E-state index < -0.39 is 11.0 Å². The van der Waals surface area contributed by atoms with Gasteiger partial charge >= 0.3 is 11.7 Å². The number of nitrogens with zero attached hydrogens (tertiary/aromatic N) is 1. The predicted molar refractivity (Wildman–Crippen MR) is 65.7 cm³/mol. The monoisotopic (exact) mass is 254 g/mol. The van der Waals surface area contributed by atoms with Crippen LogP contribution in [0.4, 0.5) is 16.2 Å². The van der Waals surface area contributed by atoms with E-state index in [1.54, 1.807) is 6.07 Å². The number of benzene rings is 1. The van der Waals surface area contributed by atoms with Crippen molar-refractivity contribution in [2.24, 2.45) is 5.73 Å². The minimum absolute atomic E-state index is 0.0988. The van der Waals surface area contributed by atoms with Crippen LogP contribution in [0, 0.1) is 10.1 Å². The van der Waals surface area contributed by atoms with Crippen LogP contribution in [0.3, 0.4) is 0 Å². The lowest BCUT2D eigenvalue weighted by Crippen LogP contribution is -2.33. The van der Waals surface area contributed by atoms with Crippen molar-refractivity contribution >= 4 is 17.4 Å². The molecule has 8 heteroatoms. The molecule has 1 rings (SSSR count). The molecule has 98 valence electrons. The smallest absolute Gasteiger partial charge is 0.312 e. The highest BCUT2D eigenvalue weighted by molar-refractivity contribution is 5.71. The van der Waals surface area contributed by atoms with Gasteiger partial charge in [0.15, 0.2) is 5.75 Å². The van der Waals surface area contributed by atoms with Gasteiger partial charge < -0.3 is 21.1 Å². The molecule has 2 amide bonds. The molecule has 18 heavy (non-hydrogen) atoms. The molecule has 0 bridgehead atoms. The topological polar surface area (TPSA) is 120 Å². The van der Waals surface area contributed by atoms with Gasteiger partial charge in [0, 0.05) is 30.9 Å². The van der Waals surface area contributed by atoms with E-state index in [1.165, 1.54) is 19.2 Å². The summed E-state index contributed by atoms with van der Waals surface area (Å²) in [6.07, 6.45) is 0. The Morgan fingerprint density at radius 2 is 2.22 bits per heavy atom. The molecule has 0 atom stereocenters. The number of anilines is 1. The van der Waals surface area contributed by atoms with E-state index in [0.717, 1.165) is 0 Å². The highest BCUT2D eigenvalue weighted by Gasteiger charge is 2.14. The molecular formula is C10H14N4O4. The number of ether oxygens (including phenoxy) is 1. The lowest BCUT2D eigenvalue weighted by atomic mass is 10.2. The molecule has 0 aliphatic rings. The number of methoxy groups -OCH3 is 1. The van der Waals surface area contributed by atoms with Crippen LogP contribution in [0.25, 0.3) is 0 Å². The van der Waals surface area contributed by atoms with E-state index in [2.05, 4.69) is 10.6 Å². The maximum atomic E-state index is 10.7. The fraction of sp³-hybridized carbons (Fsp3) is 0.300. The Bertz CT molecular complexity index is 450. The standard InChI is InChI=1S/C10H14N4O4/c1-18-9-6-7(2-3-8(9)14(16)17)12-4-5-13-10(11)15/h2-3,6,12H,4-5H2,1H3,(H3,11,13,15). The number of rotatable bonds is 6. The van der Waals surface area contributed by atoms with Crippen LogP contribution in [-0.4, -0.2) is 31.2 Å². The van der Waals surface area contributed by atoms with Crippen molar-refractivity contribution in [2.75, 3.05) is 25.5 Å². The second kappa shape index (κ2) is 6.28. The quantitative estimate of drug-likeness (QED) is 0.392. The Hall–Kier alpha value is -2.51. The van der Waals surface area contributed by atoms with Crippen LogP contribution in [0.15, 0.2) is 18.2 Å². The van der Waals surface area contributed by atoms with Gasteiger partial charge in [0.2, 0.25) is 0 Å². The van der Waals surface area contributed by atoms with Gasteiger partial charge in [0.1, 0.15) is 0 Å². The third-order valence-electron chi connectivity index (χ3n) is 2.13. The van der Waals surface area contributed by atoms with Crippen LogP contribution in [0.1, 0.15) is 0 Å². The van der Waals surface area contributed by atoms with Crippen LogP contribution >= 0.6 is 0 Å². The Morgan fingerprint density at radius 1 is 1.50 bits per heavy atom. The van der Waals surface area contributed by atoms with Crippen LogP contribution in [0.5, 0.6) is 5.75 Å². The first-order valence-electron chi connectivity index (χ1n) is 5.14. The summed E-state index contributed by atoms with van der Waals surface area (Å²) in [5.74, 6) is 0.174. The summed E-state index contributed by atoms with van der Waals surface area (Å²) in [5.41, 5.74) is 5.46. The Kier molecular flexibility index (Phi) is 4.73. The number of nitrogens with one attached hydrogen (secondary N) is 2. The lowest BCUT2D eigenvalue weighted by Gasteiger charge is -2.08. The van der Waals surface area contributed by atoms with Crippen molar-refractivity contribution < 1.29 is 14.5 Å². The fourth-order valence-electron chi connectivity index (χ4n) is 1.33. The van der Waals surface area contributed by atoms with E-state index >= 15 is 0 Å². The van der Waals surface area contributed by atoms with Gasteiger partial charge in [-0.15, -0.1) is 0 Å². The summed E-state index contributed by atoms with van der Waals surface area (Å²) in [6.45, 7) is 0.804. The number of carbonyl (C=O) groups is 1. The summed E-state index contributed by atoms with van der Waals surface area (Å²) < 4.78 is 4.92. The first kappa shape index (κ1) is 13.6. The number of nitro groups is 1. The van der Waals surface area contributed by atoms with Crippen LogP contribution in [0.2, 0.25) is 0 Å². The van der Waals surface area contributed by atoms with Crippen LogP contribution in [-0.2, 0) is 0 Å². The first-order valence-corrected chi connectivity index (χ1v) is 5.14. The molecule has 0 saturated heterocycles. The van der Waals surface area contributed by atoms with Crippen molar-refractivity contribution in [3.63, 3.8) is 0 Å². The number of primary amides is 1. The van der Waals surface area contributed by atoms with Gasteiger partial charge in [0.05, 0.1) is 12.0 Å². The number of hydrogen-bond donors (Lipinski definition) is 3. The largest absolute Gasteiger partial charge is 0.490 e. The van der Waals surface area contributed by atoms with Gasteiger partial charge in [-0.25, -0.2) is 4.79 Å². The zero-order valence-corrected chi connectivity index (χ0v) is 9.80. The number of hydrogen-bond acceptors (Lipinski definition) is 5. The molecule has 8 nitrogen and oxygen atoms in total.